The lowest BCUT2D eigenvalue weighted by molar-refractivity contribution is -0.351. The predicted octanol–water partition coefficient (Wildman–Crippen LogP) is 3.33. The second-order valence-electron chi connectivity index (χ2n) is 14.9. The van der Waals surface area contributed by atoms with Gasteiger partial charge in [0, 0.05) is 44.6 Å². The van der Waals surface area contributed by atoms with Crippen molar-refractivity contribution in [1.82, 2.24) is 5.32 Å². The number of hydrogen-bond acceptors (Lipinski definition) is 14. The summed E-state index contributed by atoms with van der Waals surface area (Å²) in [5.41, 5.74) is -0.368. The van der Waals surface area contributed by atoms with Gasteiger partial charge in [0.1, 0.15) is 24.4 Å². The zero-order chi connectivity index (χ0) is 38.5. The Morgan fingerprint density at radius 2 is 1.36 bits per heavy atom. The van der Waals surface area contributed by atoms with Crippen LogP contribution in [0.2, 0.25) is 0 Å². The zero-order valence-corrected chi connectivity index (χ0v) is 34.1. The Bertz CT molecular complexity index is 939. The highest BCUT2D eigenvalue weighted by Crippen LogP contribution is 2.35. The molecule has 0 amide bonds. The molecule has 13 nitrogen and oxygen atoms in total. The van der Waals surface area contributed by atoms with Crippen molar-refractivity contribution in [2.75, 3.05) is 70.9 Å². The van der Waals surface area contributed by atoms with Crippen molar-refractivity contribution in [2.45, 2.75) is 153 Å². The molecule has 15 heteroatoms. The molecule has 8 unspecified atom stereocenters. The van der Waals surface area contributed by atoms with Gasteiger partial charge < -0.3 is 64.0 Å². The minimum absolute atomic E-state index is 0.324. The van der Waals surface area contributed by atoms with Gasteiger partial charge in [-0.15, -0.1) is 0 Å². The van der Waals surface area contributed by atoms with Crippen LogP contribution in [0.4, 0.5) is 0 Å². The van der Waals surface area contributed by atoms with Gasteiger partial charge in [-0.05, 0) is 50.7 Å². The van der Waals surface area contributed by atoms with Gasteiger partial charge in [0.2, 0.25) is 0 Å². The van der Waals surface area contributed by atoms with Crippen LogP contribution in [0.5, 0.6) is 0 Å². The van der Waals surface area contributed by atoms with E-state index in [4.69, 9.17) is 45.4 Å². The van der Waals surface area contributed by atoms with E-state index in [2.05, 4.69) is 26.1 Å². The number of hydrogen-bond donors (Lipinski definition) is 6. The number of aliphatic hydroxyl groups excluding tert-OH is 5. The lowest BCUT2D eigenvalue weighted by atomic mass is 9.85. The molecule has 4 bridgehead atoms. The maximum Gasteiger partial charge on any atom is 0.187 e. The van der Waals surface area contributed by atoms with Crippen molar-refractivity contribution in [3.05, 3.63) is 0 Å². The summed E-state index contributed by atoms with van der Waals surface area (Å²) in [5, 5.41) is 57.6. The van der Waals surface area contributed by atoms with Crippen molar-refractivity contribution in [3.63, 3.8) is 0 Å². The van der Waals surface area contributed by atoms with E-state index < -0.39 is 61.2 Å². The van der Waals surface area contributed by atoms with Gasteiger partial charge in [0.25, 0.3) is 0 Å². The van der Waals surface area contributed by atoms with Crippen LogP contribution >= 0.6 is 24.0 Å². The highest BCUT2D eigenvalue weighted by Gasteiger charge is 2.51. The summed E-state index contributed by atoms with van der Waals surface area (Å²) in [5.74, 6) is 0.665. The molecule has 6 saturated heterocycles. The summed E-state index contributed by atoms with van der Waals surface area (Å²) in [7, 11) is 0. The van der Waals surface area contributed by atoms with Crippen molar-refractivity contribution in [1.29, 1.82) is 0 Å². The minimum atomic E-state index is -1.40. The normalized spacial score (nSPS) is 31.3. The molecule has 6 aliphatic rings. The number of unbranched alkanes of at least 4 members (excludes halogenated alkanes) is 3. The lowest BCUT2D eigenvalue weighted by Crippen LogP contribution is -2.63. The molecule has 6 heterocycles. The first-order chi connectivity index (χ1) is 25.7. The molecule has 53 heavy (non-hydrogen) atoms. The van der Waals surface area contributed by atoms with E-state index in [9.17, 15) is 25.5 Å². The molecular formula is C38H71NO12S2. The Kier molecular flexibility index (Phi) is 23.7. The van der Waals surface area contributed by atoms with Gasteiger partial charge in [-0.1, -0.05) is 65.1 Å². The standard InChI is InChI=1S/C38H71NO12S2/c1-4-7-16-45-24-38(25-46-17-8-5-2,26-47-18-9-6-3)23-39-30(52)15-13-20-53-22-29-35-32(42)34(44)36(50-29)48-19-12-10-11-14-27-28(21-40)49-37(51-35)33(43)31(27)41/h27-29,31-37,40-44H,4-26H2,1-3H3,(H,39,52)/t27?,28?,29?,31?,32?,33?,34?,35?,36-,37+/m1/s1. The first kappa shape index (κ1) is 47.1. The molecular weight excluding hydrogens is 727 g/mol. The van der Waals surface area contributed by atoms with Crippen molar-refractivity contribution in [3.8, 4) is 0 Å². The molecule has 6 N–H and O–H groups in total. The highest BCUT2D eigenvalue weighted by atomic mass is 32.2. The topological polar surface area (TPSA) is 178 Å². The predicted molar refractivity (Wildman–Crippen MR) is 208 cm³/mol. The third kappa shape index (κ3) is 15.9. The molecule has 0 aliphatic carbocycles. The summed E-state index contributed by atoms with van der Waals surface area (Å²) in [6.07, 6.45) is 0.119. The Balaban J connectivity index is 1.58. The van der Waals surface area contributed by atoms with E-state index in [1.807, 2.05) is 0 Å². The SMILES string of the molecule is CCCCOCC(CNC(=S)CCCSCC1O[C@H]2OCCCCCC3C(CO)O[C@@H](OC1C(O)C2O)C(O)C3O)(COCCCC)COCCCC. The Hall–Kier alpha value is -0.240. The third-order valence-corrected chi connectivity index (χ3v) is 11.7. The third-order valence-electron chi connectivity index (χ3n) is 10.2. The van der Waals surface area contributed by atoms with E-state index in [-0.39, 0.29) is 12.0 Å². The van der Waals surface area contributed by atoms with Crippen LogP contribution in [-0.4, -0.2) is 157 Å². The smallest absolute Gasteiger partial charge is 0.187 e. The summed E-state index contributed by atoms with van der Waals surface area (Å²) >= 11 is 7.37. The Morgan fingerprint density at radius 3 is 1.96 bits per heavy atom. The number of aliphatic hydroxyl groups is 5. The minimum Gasteiger partial charge on any atom is -0.394 e. The second kappa shape index (κ2) is 26.6. The first-order valence-electron chi connectivity index (χ1n) is 20.2. The van der Waals surface area contributed by atoms with Crippen LogP contribution in [0, 0.1) is 11.3 Å². The quantitative estimate of drug-likeness (QED) is 0.0619. The number of thiocarbonyl (C=S) groups is 1. The Labute approximate surface area is 327 Å². The van der Waals surface area contributed by atoms with Crippen LogP contribution in [-0.2, 0) is 33.2 Å². The van der Waals surface area contributed by atoms with Crippen LogP contribution in [0.25, 0.3) is 0 Å². The first-order valence-corrected chi connectivity index (χ1v) is 21.7. The molecule has 10 atom stereocenters. The van der Waals surface area contributed by atoms with Crippen molar-refractivity contribution in [2.24, 2.45) is 11.3 Å². The fourth-order valence-corrected chi connectivity index (χ4v) is 8.02. The number of ether oxygens (including phenoxy) is 7. The van der Waals surface area contributed by atoms with Gasteiger partial charge in [-0.2, -0.15) is 11.8 Å². The van der Waals surface area contributed by atoms with Gasteiger partial charge in [-0.3, -0.25) is 0 Å². The van der Waals surface area contributed by atoms with E-state index in [0.717, 1.165) is 68.5 Å². The lowest BCUT2D eigenvalue weighted by Gasteiger charge is -2.47. The van der Waals surface area contributed by atoms with Gasteiger partial charge in [-0.25, -0.2) is 0 Å². The molecule has 312 valence electrons. The fourth-order valence-electron chi connectivity index (χ4n) is 6.79. The molecule has 0 aromatic heterocycles. The maximum atomic E-state index is 11.2. The van der Waals surface area contributed by atoms with Crippen LogP contribution < -0.4 is 5.32 Å². The summed E-state index contributed by atoms with van der Waals surface area (Å²) in [4.78, 5) is 0.754. The average Bonchev–Trinajstić information content (AvgIpc) is 3.17. The van der Waals surface area contributed by atoms with E-state index in [0.29, 0.717) is 77.8 Å². The van der Waals surface area contributed by atoms with Crippen molar-refractivity contribution >= 4 is 29.0 Å². The largest absolute Gasteiger partial charge is 0.394 e. The van der Waals surface area contributed by atoms with Crippen LogP contribution in [0.15, 0.2) is 0 Å². The number of nitrogens with one attached hydrogen (secondary N) is 1. The van der Waals surface area contributed by atoms with Gasteiger partial charge >= 0.3 is 0 Å². The Morgan fingerprint density at radius 1 is 0.755 bits per heavy atom. The summed E-state index contributed by atoms with van der Waals surface area (Å²) < 4.78 is 42.5. The number of rotatable bonds is 24. The van der Waals surface area contributed by atoms with Crippen LogP contribution in [0.3, 0.4) is 0 Å². The van der Waals surface area contributed by atoms with E-state index >= 15 is 0 Å². The fraction of sp³-hybridized carbons (Fsp3) is 0.974. The zero-order valence-electron chi connectivity index (χ0n) is 32.4. The molecule has 6 aliphatic heterocycles. The van der Waals surface area contributed by atoms with E-state index in [1.54, 1.807) is 11.8 Å². The molecule has 0 aromatic rings. The summed E-state index contributed by atoms with van der Waals surface area (Å²) in [6.45, 7) is 10.7. The molecule has 6 fully saturated rings. The number of thioether (sulfide) groups is 1. The molecule has 0 radical (unpaired) electrons. The average molecular weight is 798 g/mol. The van der Waals surface area contributed by atoms with Crippen molar-refractivity contribution < 1.29 is 58.7 Å². The van der Waals surface area contributed by atoms with Crippen LogP contribution in [0.1, 0.15) is 97.8 Å². The maximum absolute atomic E-state index is 11.2. The molecule has 0 spiro atoms. The molecule has 6 rings (SSSR count). The second-order valence-corrected chi connectivity index (χ2v) is 16.5. The summed E-state index contributed by atoms with van der Waals surface area (Å²) in [6, 6.07) is 0. The van der Waals surface area contributed by atoms with Gasteiger partial charge in [0.15, 0.2) is 12.6 Å². The van der Waals surface area contributed by atoms with Gasteiger partial charge in [0.05, 0.1) is 55.1 Å². The van der Waals surface area contributed by atoms with E-state index in [1.165, 1.54) is 0 Å². The molecule has 0 aromatic carbocycles. The monoisotopic (exact) mass is 797 g/mol. The highest BCUT2D eigenvalue weighted by molar-refractivity contribution is 7.99. The molecule has 0 saturated carbocycles.